The van der Waals surface area contributed by atoms with Crippen molar-refractivity contribution in [2.45, 2.75) is 32.1 Å². The summed E-state index contributed by atoms with van der Waals surface area (Å²) < 4.78 is 6.02. The van der Waals surface area contributed by atoms with Crippen molar-refractivity contribution in [1.29, 1.82) is 0 Å². The van der Waals surface area contributed by atoms with E-state index in [9.17, 15) is 0 Å². The number of anilines is 1. The normalized spacial score (nSPS) is 17.9. The first-order valence-electron chi connectivity index (χ1n) is 9.32. The van der Waals surface area contributed by atoms with E-state index in [0.717, 1.165) is 36.3 Å². The quantitative estimate of drug-likeness (QED) is 0.651. The first kappa shape index (κ1) is 16.8. The third-order valence-electron chi connectivity index (χ3n) is 5.35. The Morgan fingerprint density at radius 1 is 1.04 bits per heavy atom. The van der Waals surface area contributed by atoms with Crippen molar-refractivity contribution in [3.8, 4) is 0 Å². The molecule has 0 spiro atoms. The summed E-state index contributed by atoms with van der Waals surface area (Å²) in [6, 6.07) is 19.1. The fourth-order valence-corrected chi connectivity index (χ4v) is 3.93. The molecule has 0 radical (unpaired) electrons. The van der Waals surface area contributed by atoms with Gasteiger partial charge in [0.05, 0.1) is 17.9 Å². The molecule has 2 aromatic rings. The van der Waals surface area contributed by atoms with Crippen LogP contribution in [0.1, 0.15) is 37.8 Å². The van der Waals surface area contributed by atoms with Gasteiger partial charge >= 0.3 is 0 Å². The van der Waals surface area contributed by atoms with Gasteiger partial charge in [0.2, 0.25) is 0 Å². The number of allylic oxidation sites excluding steroid dienone is 2. The number of likely N-dealkylation sites (N-methyl/N-ethyl adjacent to an activating group) is 1. The van der Waals surface area contributed by atoms with Gasteiger partial charge in [-0.2, -0.15) is 0 Å². The van der Waals surface area contributed by atoms with Crippen molar-refractivity contribution in [2.24, 2.45) is 0 Å². The Kier molecular flexibility index (Phi) is 4.22. The van der Waals surface area contributed by atoms with Crippen LogP contribution in [-0.2, 0) is 10.2 Å². The van der Waals surface area contributed by atoms with Crippen LogP contribution in [0.4, 0.5) is 5.69 Å². The molecule has 2 nitrogen and oxygen atoms in total. The number of hydrogen-bond acceptors (Lipinski definition) is 2. The molecule has 0 unspecified atom stereocenters. The summed E-state index contributed by atoms with van der Waals surface area (Å²) in [6.45, 7) is 5.32. The van der Waals surface area contributed by atoms with Crippen molar-refractivity contribution in [3.05, 3.63) is 89.0 Å². The standard InChI is InChI=1S/C24H25NO/c1-24(2)20-13-7-8-14-21(20)25(3)23(24)17-19(18-11-5-4-6-12-18)22-15-9-10-16-26-22/h4-8,11-15H,9-10,16H2,1-3H3. The zero-order valence-electron chi connectivity index (χ0n) is 15.8. The predicted octanol–water partition coefficient (Wildman–Crippen LogP) is 5.67. The molecular weight excluding hydrogens is 318 g/mol. The number of fused-ring (bicyclic) bond motifs is 1. The van der Waals surface area contributed by atoms with Crippen LogP contribution in [0.5, 0.6) is 0 Å². The first-order valence-corrected chi connectivity index (χ1v) is 9.32. The molecule has 2 heterocycles. The maximum absolute atomic E-state index is 6.02. The fraction of sp³-hybridized carbons (Fsp3) is 0.292. The van der Waals surface area contributed by atoms with Crippen molar-refractivity contribution < 1.29 is 4.74 Å². The topological polar surface area (TPSA) is 12.5 Å². The molecule has 2 aromatic carbocycles. The Hall–Kier alpha value is -2.70. The monoisotopic (exact) mass is 343 g/mol. The third-order valence-corrected chi connectivity index (χ3v) is 5.35. The zero-order chi connectivity index (χ0) is 18.1. The van der Waals surface area contributed by atoms with E-state index in [4.69, 9.17) is 4.74 Å². The Morgan fingerprint density at radius 2 is 1.77 bits per heavy atom. The van der Waals surface area contributed by atoms with Gasteiger partial charge in [-0.25, -0.2) is 0 Å². The molecule has 0 saturated heterocycles. The second-order valence-electron chi connectivity index (χ2n) is 7.47. The number of rotatable bonds is 2. The highest BCUT2D eigenvalue weighted by Crippen LogP contribution is 2.46. The number of nitrogens with zero attached hydrogens (tertiary/aromatic N) is 1. The van der Waals surface area contributed by atoms with E-state index in [2.05, 4.69) is 86.1 Å². The minimum atomic E-state index is -0.0966. The van der Waals surface area contributed by atoms with Gasteiger partial charge in [-0.3, -0.25) is 0 Å². The lowest BCUT2D eigenvalue weighted by molar-refractivity contribution is 0.209. The van der Waals surface area contributed by atoms with Gasteiger partial charge in [-0.1, -0.05) is 54.3 Å². The van der Waals surface area contributed by atoms with Gasteiger partial charge < -0.3 is 9.64 Å². The van der Waals surface area contributed by atoms with E-state index in [1.807, 2.05) is 6.07 Å². The van der Waals surface area contributed by atoms with Crippen LogP contribution in [0.15, 0.2) is 77.9 Å². The Labute approximate surface area is 156 Å². The predicted molar refractivity (Wildman–Crippen MR) is 108 cm³/mol. The third kappa shape index (κ3) is 2.77. The maximum Gasteiger partial charge on any atom is 0.130 e. The van der Waals surface area contributed by atoms with E-state index in [1.54, 1.807) is 0 Å². The van der Waals surface area contributed by atoms with Crippen LogP contribution in [0, 0.1) is 0 Å². The summed E-state index contributed by atoms with van der Waals surface area (Å²) in [5, 5.41) is 0. The minimum Gasteiger partial charge on any atom is -0.493 e. The molecule has 2 aliphatic rings. The van der Waals surface area contributed by atoms with Crippen molar-refractivity contribution >= 4 is 11.3 Å². The first-order chi connectivity index (χ1) is 12.6. The molecule has 0 bridgehead atoms. The maximum atomic E-state index is 6.02. The average molecular weight is 343 g/mol. The zero-order valence-corrected chi connectivity index (χ0v) is 15.8. The largest absolute Gasteiger partial charge is 0.493 e. The molecule has 0 aliphatic carbocycles. The lowest BCUT2D eigenvalue weighted by Gasteiger charge is -2.23. The second-order valence-corrected chi connectivity index (χ2v) is 7.47. The lowest BCUT2D eigenvalue weighted by Crippen LogP contribution is -2.22. The van der Waals surface area contributed by atoms with Gasteiger partial charge in [0.15, 0.2) is 0 Å². The van der Waals surface area contributed by atoms with Gasteiger partial charge in [-0.05, 0) is 50.0 Å². The highest BCUT2D eigenvalue weighted by Gasteiger charge is 2.38. The van der Waals surface area contributed by atoms with Crippen LogP contribution in [0.3, 0.4) is 0 Å². The highest BCUT2D eigenvalue weighted by atomic mass is 16.5. The van der Waals surface area contributed by atoms with E-state index in [1.165, 1.54) is 16.9 Å². The molecule has 0 fully saturated rings. The van der Waals surface area contributed by atoms with E-state index < -0.39 is 0 Å². The highest BCUT2D eigenvalue weighted by molar-refractivity contribution is 5.79. The van der Waals surface area contributed by atoms with E-state index in [-0.39, 0.29) is 5.41 Å². The molecule has 4 rings (SSSR count). The van der Waals surface area contributed by atoms with Gasteiger partial charge in [0.25, 0.3) is 0 Å². The van der Waals surface area contributed by atoms with E-state index in [0.29, 0.717) is 0 Å². The molecule has 0 amide bonds. The molecule has 0 aromatic heterocycles. The van der Waals surface area contributed by atoms with Gasteiger partial charge in [0, 0.05) is 18.2 Å². The molecule has 132 valence electrons. The molecule has 26 heavy (non-hydrogen) atoms. The minimum absolute atomic E-state index is 0.0966. The molecular formula is C24H25NO. The van der Waals surface area contributed by atoms with E-state index >= 15 is 0 Å². The van der Waals surface area contributed by atoms with Crippen molar-refractivity contribution in [3.63, 3.8) is 0 Å². The molecule has 2 heteroatoms. The number of hydrogen-bond donors (Lipinski definition) is 0. The Morgan fingerprint density at radius 3 is 2.46 bits per heavy atom. The van der Waals surface area contributed by atoms with Crippen LogP contribution in [0.2, 0.25) is 0 Å². The number of benzene rings is 2. The summed E-state index contributed by atoms with van der Waals surface area (Å²) >= 11 is 0. The lowest BCUT2D eigenvalue weighted by atomic mass is 9.83. The molecule has 0 atom stereocenters. The average Bonchev–Trinajstić information content (AvgIpc) is 2.88. The summed E-state index contributed by atoms with van der Waals surface area (Å²) in [4.78, 5) is 2.27. The number of para-hydroxylation sites is 1. The Bertz CT molecular complexity index is 914. The summed E-state index contributed by atoms with van der Waals surface area (Å²) in [7, 11) is 2.13. The fourth-order valence-electron chi connectivity index (χ4n) is 3.93. The van der Waals surface area contributed by atoms with Gasteiger partial charge in [-0.15, -0.1) is 0 Å². The van der Waals surface area contributed by atoms with Crippen LogP contribution in [-0.4, -0.2) is 13.7 Å². The summed E-state index contributed by atoms with van der Waals surface area (Å²) in [5.41, 5.74) is 9.63. The second kappa shape index (κ2) is 6.55. The van der Waals surface area contributed by atoms with Crippen molar-refractivity contribution in [1.82, 2.24) is 0 Å². The molecule has 0 saturated carbocycles. The van der Waals surface area contributed by atoms with Crippen LogP contribution in [0.25, 0.3) is 5.57 Å². The SMILES string of the molecule is CN1C(=C=C(C2=CCCCO2)c2ccccc2)C(C)(C)c2ccccc21. The van der Waals surface area contributed by atoms with Gasteiger partial charge in [0.1, 0.15) is 5.76 Å². The Balaban J connectivity index is 1.96. The molecule has 0 N–H and O–H groups in total. The molecule has 2 aliphatic heterocycles. The van der Waals surface area contributed by atoms with Crippen LogP contribution < -0.4 is 4.90 Å². The summed E-state index contributed by atoms with van der Waals surface area (Å²) in [6.07, 6.45) is 4.34. The summed E-state index contributed by atoms with van der Waals surface area (Å²) in [5.74, 6) is 0.954. The smallest absolute Gasteiger partial charge is 0.130 e. The van der Waals surface area contributed by atoms with Crippen molar-refractivity contribution in [2.75, 3.05) is 18.6 Å². The number of ether oxygens (including phenoxy) is 1. The van der Waals surface area contributed by atoms with Crippen LogP contribution >= 0.6 is 0 Å².